The second kappa shape index (κ2) is 8.71. The Labute approximate surface area is 177 Å². The largest absolute Gasteiger partial charge is 0.334 e. The van der Waals surface area contributed by atoms with Crippen LogP contribution in [-0.4, -0.2) is 55.6 Å². The van der Waals surface area contributed by atoms with Gasteiger partial charge in [0.15, 0.2) is 0 Å². The van der Waals surface area contributed by atoms with Gasteiger partial charge in [-0.1, -0.05) is 12.1 Å². The van der Waals surface area contributed by atoms with E-state index < -0.39 is 10.0 Å². The summed E-state index contributed by atoms with van der Waals surface area (Å²) < 4.78 is 26.0. The molecule has 3 atom stereocenters. The molecular formula is C21H27N5O3S. The lowest BCUT2D eigenvalue weighted by atomic mass is 9.84. The molecule has 2 aliphatic rings. The third-order valence-corrected chi connectivity index (χ3v) is 6.43. The number of likely N-dealkylation sites (tertiary alicyclic amines) is 1. The first-order valence-corrected chi connectivity index (χ1v) is 12.1. The number of hydrazine groups is 1. The topological polar surface area (TPSA) is 103 Å². The lowest BCUT2D eigenvalue weighted by Crippen LogP contribution is -2.55. The minimum atomic E-state index is -3.49. The maximum Gasteiger partial charge on any atom is 0.256 e. The van der Waals surface area contributed by atoms with Gasteiger partial charge >= 0.3 is 0 Å². The van der Waals surface area contributed by atoms with E-state index in [0.717, 1.165) is 32.1 Å². The number of nitrogens with one attached hydrogen (secondary N) is 3. The van der Waals surface area contributed by atoms with Crippen LogP contribution in [0.15, 0.2) is 48.8 Å². The molecule has 2 fully saturated rings. The Kier molecular flexibility index (Phi) is 6.03. The quantitative estimate of drug-likeness (QED) is 0.669. The van der Waals surface area contributed by atoms with Crippen molar-refractivity contribution in [3.05, 3.63) is 59.9 Å². The molecule has 3 unspecified atom stereocenters. The first-order valence-electron chi connectivity index (χ1n) is 10.2. The average Bonchev–Trinajstić information content (AvgIpc) is 3.23. The van der Waals surface area contributed by atoms with Crippen molar-refractivity contribution >= 4 is 21.6 Å². The summed E-state index contributed by atoms with van der Waals surface area (Å²) in [5.41, 5.74) is 8.53. The molecule has 0 aliphatic carbocycles. The van der Waals surface area contributed by atoms with Gasteiger partial charge in [0, 0.05) is 43.5 Å². The minimum absolute atomic E-state index is 0.00528. The van der Waals surface area contributed by atoms with Crippen LogP contribution in [0.2, 0.25) is 0 Å². The number of aromatic nitrogens is 1. The molecule has 0 radical (unpaired) electrons. The summed E-state index contributed by atoms with van der Waals surface area (Å²) in [4.78, 5) is 19.6. The predicted molar refractivity (Wildman–Crippen MR) is 115 cm³/mol. The number of piperidine rings is 1. The highest BCUT2D eigenvalue weighted by molar-refractivity contribution is 7.92. The maximum atomic E-state index is 13.5. The number of carbonyl (C=O) groups excluding carboxylic acids is 1. The fraction of sp³-hybridized carbons (Fsp3) is 0.429. The van der Waals surface area contributed by atoms with Crippen LogP contribution in [0.4, 0.5) is 5.69 Å². The fourth-order valence-corrected chi connectivity index (χ4v) is 5.09. The number of carbonyl (C=O) groups is 1. The lowest BCUT2D eigenvalue weighted by molar-refractivity contribution is 0.0551. The minimum Gasteiger partial charge on any atom is -0.334 e. The van der Waals surface area contributed by atoms with Crippen LogP contribution in [0.25, 0.3) is 0 Å². The summed E-state index contributed by atoms with van der Waals surface area (Å²) in [5, 5.41) is 0. The zero-order valence-corrected chi connectivity index (χ0v) is 17.7. The van der Waals surface area contributed by atoms with Crippen molar-refractivity contribution in [1.82, 2.24) is 20.7 Å². The van der Waals surface area contributed by atoms with E-state index in [1.807, 2.05) is 17.0 Å². The molecule has 2 aliphatic heterocycles. The van der Waals surface area contributed by atoms with Crippen molar-refractivity contribution in [2.45, 2.75) is 37.3 Å². The number of pyridine rings is 1. The van der Waals surface area contributed by atoms with Crippen molar-refractivity contribution in [1.29, 1.82) is 0 Å². The van der Waals surface area contributed by atoms with E-state index in [0.29, 0.717) is 17.8 Å². The van der Waals surface area contributed by atoms with E-state index in [1.165, 1.54) is 5.56 Å². The SMILES string of the molecule is CS(=O)(=O)Nc1ccccc1C(=O)N1CCCCC1C1NNCC1c1ccncc1. The van der Waals surface area contributed by atoms with Gasteiger partial charge in [-0.3, -0.25) is 25.4 Å². The number of sulfonamides is 1. The smallest absolute Gasteiger partial charge is 0.256 e. The first kappa shape index (κ1) is 20.8. The van der Waals surface area contributed by atoms with Crippen LogP contribution in [0.1, 0.15) is 41.1 Å². The fourth-order valence-electron chi connectivity index (χ4n) is 4.51. The summed E-state index contributed by atoms with van der Waals surface area (Å²) in [6, 6.07) is 10.9. The number of nitrogens with zero attached hydrogens (tertiary/aromatic N) is 2. The monoisotopic (exact) mass is 429 g/mol. The highest BCUT2D eigenvalue weighted by atomic mass is 32.2. The number of benzene rings is 1. The molecule has 30 heavy (non-hydrogen) atoms. The van der Waals surface area contributed by atoms with Gasteiger partial charge in [0.2, 0.25) is 10.0 Å². The molecule has 3 heterocycles. The molecule has 1 aromatic heterocycles. The molecule has 0 spiro atoms. The van der Waals surface area contributed by atoms with E-state index in [4.69, 9.17) is 0 Å². The van der Waals surface area contributed by atoms with Gasteiger partial charge in [-0.05, 0) is 49.1 Å². The van der Waals surface area contributed by atoms with Gasteiger partial charge in [0.25, 0.3) is 5.91 Å². The van der Waals surface area contributed by atoms with Crippen molar-refractivity contribution in [3.8, 4) is 0 Å². The Morgan fingerprint density at radius 1 is 1.17 bits per heavy atom. The summed E-state index contributed by atoms with van der Waals surface area (Å²) in [6.07, 6.45) is 7.56. The summed E-state index contributed by atoms with van der Waals surface area (Å²) in [6.45, 7) is 1.43. The van der Waals surface area contributed by atoms with Crippen molar-refractivity contribution in [2.24, 2.45) is 0 Å². The zero-order valence-electron chi connectivity index (χ0n) is 16.9. The van der Waals surface area contributed by atoms with E-state index in [2.05, 4.69) is 20.6 Å². The molecule has 1 amide bonds. The van der Waals surface area contributed by atoms with Crippen LogP contribution in [-0.2, 0) is 10.0 Å². The van der Waals surface area contributed by atoms with Gasteiger partial charge in [0.1, 0.15) is 0 Å². The van der Waals surface area contributed by atoms with Gasteiger partial charge in [0.05, 0.1) is 17.5 Å². The maximum absolute atomic E-state index is 13.5. The zero-order chi connectivity index (χ0) is 21.1. The Hall–Kier alpha value is -2.49. The summed E-state index contributed by atoms with van der Waals surface area (Å²) in [5.74, 6) is 0.0735. The third-order valence-electron chi connectivity index (χ3n) is 5.84. The number of para-hydroxylation sites is 1. The van der Waals surface area contributed by atoms with E-state index in [9.17, 15) is 13.2 Å². The van der Waals surface area contributed by atoms with Gasteiger partial charge in [-0.2, -0.15) is 0 Å². The molecule has 9 heteroatoms. The Morgan fingerprint density at radius 2 is 1.93 bits per heavy atom. The summed E-state index contributed by atoms with van der Waals surface area (Å²) >= 11 is 0. The number of rotatable bonds is 5. The number of hydrogen-bond donors (Lipinski definition) is 3. The molecule has 3 N–H and O–H groups in total. The van der Waals surface area contributed by atoms with Crippen molar-refractivity contribution in [2.75, 3.05) is 24.1 Å². The Morgan fingerprint density at radius 3 is 2.70 bits per heavy atom. The van der Waals surface area contributed by atoms with Gasteiger partial charge in [-0.15, -0.1) is 0 Å². The van der Waals surface area contributed by atoms with Crippen LogP contribution >= 0.6 is 0 Å². The second-order valence-electron chi connectivity index (χ2n) is 7.92. The molecule has 160 valence electrons. The molecule has 2 saturated heterocycles. The van der Waals surface area contributed by atoms with Gasteiger partial charge in [-0.25, -0.2) is 8.42 Å². The lowest BCUT2D eigenvalue weighted by Gasteiger charge is -2.41. The highest BCUT2D eigenvalue weighted by Crippen LogP contribution is 2.32. The molecule has 4 rings (SSSR count). The molecule has 2 aromatic rings. The van der Waals surface area contributed by atoms with Crippen LogP contribution in [0.5, 0.6) is 0 Å². The Bertz CT molecular complexity index is 999. The standard InChI is InChI=1S/C21H27N5O3S/c1-30(28,29)25-18-7-3-2-6-16(18)21(27)26-13-5-4-8-19(26)20-17(14-23-24-20)15-9-11-22-12-10-15/h2-3,6-7,9-12,17,19-20,23-25H,4-5,8,13-14H2,1H3. The van der Waals surface area contributed by atoms with Gasteiger partial charge < -0.3 is 4.90 Å². The first-order chi connectivity index (χ1) is 14.4. The second-order valence-corrected chi connectivity index (χ2v) is 9.67. The predicted octanol–water partition coefficient (Wildman–Crippen LogP) is 1.71. The molecule has 0 saturated carbocycles. The van der Waals surface area contributed by atoms with E-state index >= 15 is 0 Å². The highest BCUT2D eigenvalue weighted by Gasteiger charge is 2.40. The number of anilines is 1. The van der Waals surface area contributed by atoms with E-state index in [1.54, 1.807) is 36.7 Å². The van der Waals surface area contributed by atoms with Crippen molar-refractivity contribution in [3.63, 3.8) is 0 Å². The number of hydrogen-bond acceptors (Lipinski definition) is 6. The molecule has 8 nitrogen and oxygen atoms in total. The average molecular weight is 430 g/mol. The number of amides is 1. The van der Waals surface area contributed by atoms with Crippen molar-refractivity contribution < 1.29 is 13.2 Å². The molecule has 0 bridgehead atoms. The Balaban J connectivity index is 1.63. The summed E-state index contributed by atoms with van der Waals surface area (Å²) in [7, 11) is -3.49. The molecular weight excluding hydrogens is 402 g/mol. The van der Waals surface area contributed by atoms with Crippen LogP contribution in [0.3, 0.4) is 0 Å². The van der Waals surface area contributed by atoms with E-state index in [-0.39, 0.29) is 23.9 Å². The molecule has 1 aromatic carbocycles. The van der Waals surface area contributed by atoms with Crippen LogP contribution in [0, 0.1) is 0 Å². The normalized spacial score (nSPS) is 24.6. The van der Waals surface area contributed by atoms with Crippen LogP contribution < -0.4 is 15.6 Å². The third kappa shape index (κ3) is 4.48.